The highest BCUT2D eigenvalue weighted by atomic mass is 16.6. The summed E-state index contributed by atoms with van der Waals surface area (Å²) in [6.07, 6.45) is 0.977. The van der Waals surface area contributed by atoms with Crippen LogP contribution in [0.4, 0.5) is 5.69 Å². The maximum absolute atomic E-state index is 10.9. The van der Waals surface area contributed by atoms with E-state index >= 15 is 0 Å². The number of unbranched alkanes of at least 4 members (excludes halogenated alkanes) is 1. The molecule has 0 atom stereocenters. The Morgan fingerprint density at radius 1 is 1.39 bits per heavy atom. The van der Waals surface area contributed by atoms with Crippen LogP contribution in [0.1, 0.15) is 23.2 Å². The monoisotopic (exact) mass is 255 g/mol. The number of benzene rings is 1. The van der Waals surface area contributed by atoms with Crippen LogP contribution in [-0.4, -0.2) is 34.3 Å². The molecule has 0 saturated heterocycles. The van der Waals surface area contributed by atoms with Gasteiger partial charge in [-0.2, -0.15) is 0 Å². The first kappa shape index (κ1) is 13.9. The molecule has 1 rings (SSSR count). The number of para-hydroxylation sites is 1. The first-order valence-electron chi connectivity index (χ1n) is 5.32. The van der Waals surface area contributed by atoms with Gasteiger partial charge in [0.05, 0.1) is 11.5 Å². The molecule has 0 heterocycles. The number of carboxylic acids is 1. The summed E-state index contributed by atoms with van der Waals surface area (Å²) in [4.78, 5) is 21.0. The Hall–Kier alpha value is -2.15. The highest BCUT2D eigenvalue weighted by Crippen LogP contribution is 2.31. The highest BCUT2D eigenvalue weighted by molar-refractivity contribution is 5.92. The summed E-state index contributed by atoms with van der Waals surface area (Å²) in [5, 5.41) is 28.3. The Morgan fingerprint density at radius 3 is 2.67 bits per heavy atom. The van der Waals surface area contributed by atoms with Crippen molar-refractivity contribution in [2.24, 2.45) is 0 Å². The van der Waals surface area contributed by atoms with Gasteiger partial charge in [-0.25, -0.2) is 4.79 Å². The van der Waals surface area contributed by atoms with E-state index in [0.717, 1.165) is 0 Å². The molecule has 0 aromatic heterocycles. The van der Waals surface area contributed by atoms with E-state index in [1.54, 1.807) is 0 Å². The van der Waals surface area contributed by atoms with Crippen LogP contribution < -0.4 is 4.74 Å². The van der Waals surface area contributed by atoms with Crippen molar-refractivity contribution in [3.63, 3.8) is 0 Å². The van der Waals surface area contributed by atoms with E-state index in [1.807, 2.05) is 0 Å². The first-order chi connectivity index (χ1) is 8.57. The van der Waals surface area contributed by atoms with E-state index in [2.05, 4.69) is 0 Å². The minimum Gasteiger partial charge on any atom is -0.486 e. The van der Waals surface area contributed by atoms with Crippen molar-refractivity contribution in [2.75, 3.05) is 13.2 Å². The Bertz CT molecular complexity index is 413. The van der Waals surface area contributed by atoms with E-state index in [0.29, 0.717) is 12.8 Å². The minimum atomic E-state index is -1.28. The van der Waals surface area contributed by atoms with Crippen molar-refractivity contribution in [1.82, 2.24) is 0 Å². The smallest absolute Gasteiger partial charge is 0.339 e. The van der Waals surface area contributed by atoms with Crippen LogP contribution in [0.5, 0.6) is 5.75 Å². The van der Waals surface area contributed by atoms with Crippen molar-refractivity contribution in [3.05, 3.63) is 33.9 Å². The van der Waals surface area contributed by atoms with E-state index in [-0.39, 0.29) is 30.2 Å². The third-order valence-electron chi connectivity index (χ3n) is 2.22. The van der Waals surface area contributed by atoms with Gasteiger partial charge in [0, 0.05) is 12.7 Å². The topological polar surface area (TPSA) is 110 Å². The number of nitro benzene ring substituents is 1. The summed E-state index contributed by atoms with van der Waals surface area (Å²) in [5.41, 5.74) is -0.618. The molecule has 0 aliphatic rings. The van der Waals surface area contributed by atoms with Gasteiger partial charge >= 0.3 is 11.7 Å². The zero-order valence-corrected chi connectivity index (χ0v) is 9.54. The summed E-state index contributed by atoms with van der Waals surface area (Å²) in [6, 6.07) is 3.73. The van der Waals surface area contributed by atoms with Crippen LogP contribution in [0.25, 0.3) is 0 Å². The van der Waals surface area contributed by atoms with Gasteiger partial charge in [-0.15, -0.1) is 0 Å². The van der Waals surface area contributed by atoms with Gasteiger partial charge in [0.1, 0.15) is 5.56 Å². The Balaban J connectivity index is 2.96. The number of carboxylic acid groups (broad SMARTS) is 1. The molecule has 1 aromatic carbocycles. The third kappa shape index (κ3) is 3.42. The molecular weight excluding hydrogens is 242 g/mol. The summed E-state index contributed by atoms with van der Waals surface area (Å²) >= 11 is 0. The van der Waals surface area contributed by atoms with Crippen molar-refractivity contribution < 1.29 is 24.7 Å². The van der Waals surface area contributed by atoms with Crippen LogP contribution in [-0.2, 0) is 0 Å². The van der Waals surface area contributed by atoms with Crippen molar-refractivity contribution in [2.45, 2.75) is 12.8 Å². The predicted octanol–water partition coefficient (Wildman–Crippen LogP) is 1.44. The lowest BCUT2D eigenvalue weighted by Gasteiger charge is -2.08. The van der Waals surface area contributed by atoms with Crippen molar-refractivity contribution in [3.8, 4) is 5.75 Å². The number of hydrogen-bond donors (Lipinski definition) is 2. The number of hydrogen-bond acceptors (Lipinski definition) is 5. The molecular formula is C11H13NO6. The van der Waals surface area contributed by atoms with E-state index in [1.165, 1.54) is 18.2 Å². The van der Waals surface area contributed by atoms with E-state index < -0.39 is 10.9 Å². The Morgan fingerprint density at radius 2 is 2.11 bits per heavy atom. The van der Waals surface area contributed by atoms with E-state index in [9.17, 15) is 14.9 Å². The molecule has 0 amide bonds. The fourth-order valence-corrected chi connectivity index (χ4v) is 1.38. The second-order valence-corrected chi connectivity index (χ2v) is 3.50. The molecule has 1 aromatic rings. The average molecular weight is 255 g/mol. The van der Waals surface area contributed by atoms with Crippen molar-refractivity contribution >= 4 is 11.7 Å². The summed E-state index contributed by atoms with van der Waals surface area (Å²) in [6.45, 7) is 0.109. The van der Waals surface area contributed by atoms with Gasteiger partial charge in [0.15, 0.2) is 0 Å². The number of carbonyl (C=O) groups is 1. The number of rotatable bonds is 7. The fourth-order valence-electron chi connectivity index (χ4n) is 1.38. The van der Waals surface area contributed by atoms with Gasteiger partial charge in [-0.05, 0) is 18.9 Å². The summed E-state index contributed by atoms with van der Waals surface area (Å²) in [5.74, 6) is -1.52. The third-order valence-corrected chi connectivity index (χ3v) is 2.22. The van der Waals surface area contributed by atoms with Gasteiger partial charge in [0.2, 0.25) is 5.75 Å². The van der Waals surface area contributed by atoms with Gasteiger partial charge in [-0.3, -0.25) is 10.1 Å². The number of ether oxygens (including phenoxy) is 1. The second kappa shape index (κ2) is 6.55. The molecule has 0 unspecified atom stereocenters. The standard InChI is InChI=1S/C11H13NO6/c13-6-1-2-7-18-10-8(11(14)15)4-3-5-9(10)12(16)17/h3-5,13H,1-2,6-7H2,(H,14,15). The molecule has 0 radical (unpaired) electrons. The molecule has 2 N–H and O–H groups in total. The normalized spacial score (nSPS) is 10.1. The second-order valence-electron chi connectivity index (χ2n) is 3.50. The summed E-state index contributed by atoms with van der Waals surface area (Å²) < 4.78 is 5.16. The molecule has 7 heteroatoms. The lowest BCUT2D eigenvalue weighted by atomic mass is 10.1. The predicted molar refractivity (Wildman–Crippen MR) is 61.9 cm³/mol. The maximum atomic E-state index is 10.9. The molecule has 0 bridgehead atoms. The fraction of sp³-hybridized carbons (Fsp3) is 0.364. The molecule has 18 heavy (non-hydrogen) atoms. The lowest BCUT2D eigenvalue weighted by Crippen LogP contribution is -2.07. The van der Waals surface area contributed by atoms with Gasteiger partial charge in [0.25, 0.3) is 0 Å². The van der Waals surface area contributed by atoms with Crippen LogP contribution >= 0.6 is 0 Å². The number of aliphatic hydroxyl groups is 1. The zero-order valence-electron chi connectivity index (χ0n) is 9.54. The summed E-state index contributed by atoms with van der Waals surface area (Å²) in [7, 11) is 0. The van der Waals surface area contributed by atoms with Gasteiger partial charge in [-0.1, -0.05) is 6.07 Å². The number of aromatic carboxylic acids is 1. The van der Waals surface area contributed by atoms with Crippen LogP contribution in [0.15, 0.2) is 18.2 Å². The average Bonchev–Trinajstić information content (AvgIpc) is 2.34. The molecule has 0 spiro atoms. The Labute approximate surface area is 103 Å². The molecule has 0 fully saturated rings. The Kier molecular flexibility index (Phi) is 5.06. The van der Waals surface area contributed by atoms with Crippen LogP contribution in [0, 0.1) is 10.1 Å². The van der Waals surface area contributed by atoms with Crippen LogP contribution in [0.2, 0.25) is 0 Å². The molecule has 7 nitrogen and oxygen atoms in total. The number of nitrogens with zero attached hydrogens (tertiary/aromatic N) is 1. The quantitative estimate of drug-likeness (QED) is 0.433. The molecule has 0 saturated carbocycles. The van der Waals surface area contributed by atoms with Crippen molar-refractivity contribution in [1.29, 1.82) is 0 Å². The maximum Gasteiger partial charge on any atom is 0.339 e. The van der Waals surface area contributed by atoms with Crippen LogP contribution in [0.3, 0.4) is 0 Å². The zero-order chi connectivity index (χ0) is 13.5. The molecule has 0 aliphatic carbocycles. The SMILES string of the molecule is O=C(O)c1cccc([N+](=O)[O-])c1OCCCCO. The number of aliphatic hydroxyl groups excluding tert-OH is 1. The minimum absolute atomic E-state index is 0.00791. The largest absolute Gasteiger partial charge is 0.486 e. The molecule has 98 valence electrons. The number of nitro groups is 1. The highest BCUT2D eigenvalue weighted by Gasteiger charge is 2.22. The van der Waals surface area contributed by atoms with E-state index in [4.69, 9.17) is 14.9 Å². The lowest BCUT2D eigenvalue weighted by molar-refractivity contribution is -0.385. The molecule has 0 aliphatic heterocycles. The first-order valence-corrected chi connectivity index (χ1v) is 5.32. The van der Waals surface area contributed by atoms with Gasteiger partial charge < -0.3 is 14.9 Å².